The van der Waals surface area contributed by atoms with Crippen molar-refractivity contribution in [3.8, 4) is 0 Å². The third-order valence-corrected chi connectivity index (χ3v) is 4.10. The highest BCUT2D eigenvalue weighted by Crippen LogP contribution is 2.19. The van der Waals surface area contributed by atoms with Crippen molar-refractivity contribution in [2.24, 2.45) is 0 Å². The van der Waals surface area contributed by atoms with Crippen LogP contribution in [0.15, 0.2) is 30.5 Å². The van der Waals surface area contributed by atoms with Crippen molar-refractivity contribution >= 4 is 16.8 Å². The van der Waals surface area contributed by atoms with Crippen LogP contribution in [0.2, 0.25) is 0 Å². The molecule has 0 spiro atoms. The Balaban J connectivity index is 1.65. The zero-order chi connectivity index (χ0) is 13.9. The molecule has 0 bridgehead atoms. The van der Waals surface area contributed by atoms with Crippen LogP contribution in [-0.2, 0) is 11.2 Å². The Labute approximate surface area is 119 Å². The number of aryl methyl sites for hydroxylation is 1. The summed E-state index contributed by atoms with van der Waals surface area (Å²) in [5.41, 5.74) is 2.38. The van der Waals surface area contributed by atoms with E-state index in [9.17, 15) is 4.79 Å². The average molecular weight is 271 g/mol. The molecule has 4 heteroatoms. The second-order valence-corrected chi connectivity index (χ2v) is 5.50. The quantitative estimate of drug-likeness (QED) is 0.896. The summed E-state index contributed by atoms with van der Waals surface area (Å²) in [4.78, 5) is 17.6. The number of aromatic amines is 1. The van der Waals surface area contributed by atoms with Crippen molar-refractivity contribution in [3.05, 3.63) is 36.0 Å². The standard InChI is InChI=1S/C16H21N3O/c1-12-10-17-8-9-19(12)16(20)7-6-13-11-18-15-5-3-2-4-14(13)15/h2-5,11-12,17-18H,6-10H2,1H3/t12-/m0/s1. The van der Waals surface area contributed by atoms with Gasteiger partial charge in [0.2, 0.25) is 5.91 Å². The maximum atomic E-state index is 12.3. The Hall–Kier alpha value is -1.81. The molecule has 0 saturated carbocycles. The fourth-order valence-corrected chi connectivity index (χ4v) is 2.94. The summed E-state index contributed by atoms with van der Waals surface area (Å²) in [6.07, 6.45) is 3.42. The fraction of sp³-hybridized carbons (Fsp3) is 0.438. The van der Waals surface area contributed by atoms with Gasteiger partial charge < -0.3 is 15.2 Å². The highest BCUT2D eigenvalue weighted by atomic mass is 16.2. The van der Waals surface area contributed by atoms with E-state index < -0.39 is 0 Å². The van der Waals surface area contributed by atoms with Crippen molar-refractivity contribution in [2.75, 3.05) is 19.6 Å². The van der Waals surface area contributed by atoms with E-state index in [0.29, 0.717) is 12.5 Å². The second kappa shape index (κ2) is 5.67. The number of piperazine rings is 1. The lowest BCUT2D eigenvalue weighted by Crippen LogP contribution is -2.52. The highest BCUT2D eigenvalue weighted by Gasteiger charge is 2.22. The summed E-state index contributed by atoms with van der Waals surface area (Å²) in [5.74, 6) is 0.268. The molecule has 0 unspecified atom stereocenters. The van der Waals surface area contributed by atoms with Crippen LogP contribution >= 0.6 is 0 Å². The molecule has 2 N–H and O–H groups in total. The minimum absolute atomic E-state index is 0.268. The van der Waals surface area contributed by atoms with Gasteiger partial charge in [-0.3, -0.25) is 4.79 Å². The first-order chi connectivity index (χ1) is 9.75. The number of carbonyl (C=O) groups is 1. The van der Waals surface area contributed by atoms with Gasteiger partial charge in [0.1, 0.15) is 0 Å². The van der Waals surface area contributed by atoms with Crippen LogP contribution in [0.25, 0.3) is 10.9 Å². The monoisotopic (exact) mass is 271 g/mol. The van der Waals surface area contributed by atoms with Gasteiger partial charge in [0, 0.05) is 49.2 Å². The normalized spacial score (nSPS) is 19.4. The number of H-pyrrole nitrogens is 1. The maximum absolute atomic E-state index is 12.3. The molecule has 1 aliphatic rings. The van der Waals surface area contributed by atoms with Gasteiger partial charge >= 0.3 is 0 Å². The van der Waals surface area contributed by atoms with E-state index in [-0.39, 0.29) is 5.91 Å². The number of benzene rings is 1. The average Bonchev–Trinajstić information content (AvgIpc) is 2.88. The largest absolute Gasteiger partial charge is 0.361 e. The first-order valence-electron chi connectivity index (χ1n) is 7.31. The number of nitrogens with one attached hydrogen (secondary N) is 2. The molecule has 2 aromatic rings. The van der Waals surface area contributed by atoms with E-state index in [1.807, 2.05) is 23.2 Å². The number of rotatable bonds is 3. The van der Waals surface area contributed by atoms with Crippen molar-refractivity contribution in [1.29, 1.82) is 0 Å². The van der Waals surface area contributed by atoms with Gasteiger partial charge in [0.15, 0.2) is 0 Å². The summed E-state index contributed by atoms with van der Waals surface area (Å²) in [6, 6.07) is 8.55. The minimum Gasteiger partial charge on any atom is -0.361 e. The smallest absolute Gasteiger partial charge is 0.223 e. The molecular weight excluding hydrogens is 250 g/mol. The summed E-state index contributed by atoms with van der Waals surface area (Å²) in [6.45, 7) is 4.74. The van der Waals surface area contributed by atoms with Crippen molar-refractivity contribution in [3.63, 3.8) is 0 Å². The zero-order valence-corrected chi connectivity index (χ0v) is 11.9. The Morgan fingerprint density at radius 2 is 2.25 bits per heavy atom. The maximum Gasteiger partial charge on any atom is 0.223 e. The van der Waals surface area contributed by atoms with Crippen molar-refractivity contribution in [2.45, 2.75) is 25.8 Å². The van der Waals surface area contributed by atoms with E-state index in [4.69, 9.17) is 0 Å². The summed E-state index contributed by atoms with van der Waals surface area (Å²) >= 11 is 0. The molecule has 0 aliphatic carbocycles. The Morgan fingerprint density at radius 3 is 3.10 bits per heavy atom. The molecule has 1 aliphatic heterocycles. The Kier molecular flexibility index (Phi) is 3.74. The van der Waals surface area contributed by atoms with Gasteiger partial charge in [-0.15, -0.1) is 0 Å². The molecule has 1 aromatic heterocycles. The SMILES string of the molecule is C[C@H]1CNCCN1C(=O)CCc1c[nH]c2ccccc12. The lowest BCUT2D eigenvalue weighted by Gasteiger charge is -2.34. The number of carbonyl (C=O) groups excluding carboxylic acids is 1. The molecule has 2 heterocycles. The van der Waals surface area contributed by atoms with E-state index >= 15 is 0 Å². The molecule has 1 saturated heterocycles. The van der Waals surface area contributed by atoms with Gasteiger partial charge in [-0.1, -0.05) is 18.2 Å². The van der Waals surface area contributed by atoms with E-state index in [0.717, 1.165) is 31.6 Å². The summed E-state index contributed by atoms with van der Waals surface area (Å²) < 4.78 is 0. The first-order valence-corrected chi connectivity index (χ1v) is 7.31. The minimum atomic E-state index is 0.268. The van der Waals surface area contributed by atoms with Crippen molar-refractivity contribution < 1.29 is 4.79 Å². The highest BCUT2D eigenvalue weighted by molar-refractivity contribution is 5.84. The van der Waals surface area contributed by atoms with Crippen LogP contribution in [0.5, 0.6) is 0 Å². The van der Waals surface area contributed by atoms with Crippen LogP contribution < -0.4 is 5.32 Å². The van der Waals surface area contributed by atoms with Crippen LogP contribution in [0, 0.1) is 0 Å². The number of nitrogens with zero attached hydrogens (tertiary/aromatic N) is 1. The topological polar surface area (TPSA) is 48.1 Å². The number of para-hydroxylation sites is 1. The predicted octanol–water partition coefficient (Wildman–Crippen LogP) is 1.92. The molecule has 106 valence electrons. The summed E-state index contributed by atoms with van der Waals surface area (Å²) in [7, 11) is 0. The molecule has 20 heavy (non-hydrogen) atoms. The van der Waals surface area contributed by atoms with Gasteiger partial charge in [-0.05, 0) is 25.0 Å². The molecule has 1 aromatic carbocycles. The third-order valence-electron chi connectivity index (χ3n) is 4.10. The van der Waals surface area contributed by atoms with Crippen LogP contribution in [0.1, 0.15) is 18.9 Å². The van der Waals surface area contributed by atoms with Gasteiger partial charge in [0.05, 0.1) is 0 Å². The molecule has 0 radical (unpaired) electrons. The number of amides is 1. The van der Waals surface area contributed by atoms with Gasteiger partial charge in [-0.25, -0.2) is 0 Å². The Bertz CT molecular complexity index is 605. The zero-order valence-electron chi connectivity index (χ0n) is 11.9. The van der Waals surface area contributed by atoms with E-state index in [2.05, 4.69) is 29.4 Å². The molecule has 1 amide bonds. The van der Waals surface area contributed by atoms with Gasteiger partial charge in [-0.2, -0.15) is 0 Å². The number of aromatic nitrogens is 1. The first kappa shape index (κ1) is 13.2. The fourth-order valence-electron chi connectivity index (χ4n) is 2.94. The molecule has 1 fully saturated rings. The second-order valence-electron chi connectivity index (χ2n) is 5.50. The number of hydrogen-bond acceptors (Lipinski definition) is 2. The summed E-state index contributed by atoms with van der Waals surface area (Å²) in [5, 5.41) is 4.54. The van der Waals surface area contributed by atoms with Crippen LogP contribution in [0.3, 0.4) is 0 Å². The Morgan fingerprint density at radius 1 is 1.40 bits per heavy atom. The lowest BCUT2D eigenvalue weighted by molar-refractivity contribution is -0.133. The molecular formula is C16H21N3O. The van der Waals surface area contributed by atoms with Crippen LogP contribution in [-0.4, -0.2) is 41.5 Å². The van der Waals surface area contributed by atoms with E-state index in [1.165, 1.54) is 10.9 Å². The van der Waals surface area contributed by atoms with E-state index in [1.54, 1.807) is 0 Å². The van der Waals surface area contributed by atoms with Crippen LogP contribution in [0.4, 0.5) is 0 Å². The van der Waals surface area contributed by atoms with Gasteiger partial charge in [0.25, 0.3) is 0 Å². The number of fused-ring (bicyclic) bond motifs is 1. The molecule has 1 atom stereocenters. The third kappa shape index (κ3) is 2.56. The molecule has 4 nitrogen and oxygen atoms in total. The molecule has 3 rings (SSSR count). The predicted molar refractivity (Wildman–Crippen MR) is 80.7 cm³/mol. The van der Waals surface area contributed by atoms with Crippen molar-refractivity contribution in [1.82, 2.24) is 15.2 Å². The lowest BCUT2D eigenvalue weighted by atomic mass is 10.1. The number of hydrogen-bond donors (Lipinski definition) is 2.